The van der Waals surface area contributed by atoms with Crippen LogP contribution in [0.2, 0.25) is 0 Å². The van der Waals surface area contributed by atoms with Crippen molar-refractivity contribution in [1.82, 2.24) is 0 Å². The number of carbonyl (C=O) groups is 1. The molecule has 0 aliphatic rings. The minimum Gasteiger partial charge on any atom is -0.469 e. The number of unbranched alkanes of at least 4 members (excludes halogenated alkanes) is 2. The Balaban J connectivity index is -0.0000000463. The number of hydrogen-bond donors (Lipinski definition) is 0. The smallest absolute Gasteiger partial charge is 0.469 e. The van der Waals surface area contributed by atoms with Crippen molar-refractivity contribution in [2.24, 2.45) is 0 Å². The van der Waals surface area contributed by atoms with Crippen LogP contribution in [0.4, 0.5) is 25.2 Å². The molecule has 0 amide bonds. The van der Waals surface area contributed by atoms with E-state index in [9.17, 15) is 30.0 Å². The molecule has 13 heteroatoms. The van der Waals surface area contributed by atoms with Gasteiger partial charge in [0.2, 0.25) is 0 Å². The van der Waals surface area contributed by atoms with Crippen LogP contribution in [0.5, 0.6) is 0 Å². The first kappa shape index (κ1) is 38.0. The molecule has 0 atom stereocenters. The summed E-state index contributed by atoms with van der Waals surface area (Å²) in [5.74, 6) is -0.354. The quantitative estimate of drug-likeness (QED) is 0.133. The van der Waals surface area contributed by atoms with Gasteiger partial charge in [-0.1, -0.05) is 0 Å². The Morgan fingerprint density at radius 2 is 1.22 bits per heavy atom. The first-order valence-electron chi connectivity index (χ1n) is 4.14. The molecular weight excluding hydrogens is 401 g/mol. The van der Waals surface area contributed by atoms with Gasteiger partial charge in [-0.15, -0.1) is 0 Å². The van der Waals surface area contributed by atoms with Gasteiger partial charge in [-0.2, -0.15) is 0 Å². The molecule has 0 N–H and O–H groups in total. The molecule has 5 radical (unpaired) electrons. The number of methoxy groups -OCH3 is 1. The van der Waals surface area contributed by atoms with Gasteiger partial charge in [-0.3, -0.25) is 4.79 Å². The van der Waals surface area contributed by atoms with Crippen LogP contribution in [-0.4, -0.2) is 13.1 Å². The van der Waals surface area contributed by atoms with Crippen LogP contribution in [0.15, 0.2) is 0 Å². The minimum absolute atomic E-state index is 0. The third kappa shape index (κ3) is 203. The van der Waals surface area contributed by atoms with Crippen LogP contribution in [0.25, 0.3) is 0 Å². The van der Waals surface area contributed by atoms with E-state index in [1.165, 1.54) is 13.5 Å². The molecule has 0 aromatic heterocycles. The summed E-state index contributed by atoms with van der Waals surface area (Å²) < 4.78 is 86.0. The summed E-state index contributed by atoms with van der Waals surface area (Å²) in [6.45, 7) is 16.9. The summed E-state index contributed by atoms with van der Waals surface area (Å²) in [6, 6.07) is 0. The van der Waals surface area contributed by atoms with E-state index in [2.05, 4.69) is 31.6 Å². The van der Waals surface area contributed by atoms with Crippen molar-refractivity contribution in [3.05, 3.63) is 52.6 Å². The molecule has 133 valence electrons. The van der Waals surface area contributed by atoms with E-state index in [0.717, 1.165) is 0 Å². The second kappa shape index (κ2) is 17.6. The number of rotatable bonds is 4. The summed E-state index contributed by atoms with van der Waals surface area (Å²) >= 11 is 0. The van der Waals surface area contributed by atoms with Crippen molar-refractivity contribution < 1.29 is 65.7 Å². The fraction of sp³-hybridized carbons (Fsp3) is 0.100. The molecule has 0 saturated heterocycles. The molecule has 5 nitrogen and oxygen atoms in total. The molecule has 0 bridgehead atoms. The SMILES string of the molecule is F[P-](F)(F)(F)(F)F.[C-]#[O+].[C-]#[O+].[C-]#[O+].[CH2][CH][CH][CH][CH]C(=O)OC.[Fe+2]. The predicted molar refractivity (Wildman–Crippen MR) is 59.9 cm³/mol. The van der Waals surface area contributed by atoms with Crippen LogP contribution in [0, 0.1) is 52.6 Å². The molecule has 0 unspecified atom stereocenters. The maximum Gasteiger partial charge on any atom is 2.00 e. The van der Waals surface area contributed by atoms with Crippen LogP contribution in [0.1, 0.15) is 0 Å². The predicted octanol–water partition coefficient (Wildman–Crippen LogP) is 4.08. The fourth-order valence-electron chi connectivity index (χ4n) is 0.281. The van der Waals surface area contributed by atoms with Gasteiger partial charge in [-0.25, -0.2) is 0 Å². The van der Waals surface area contributed by atoms with Crippen molar-refractivity contribution in [3.8, 4) is 0 Å². The molecule has 0 spiro atoms. The van der Waals surface area contributed by atoms with Crippen LogP contribution in [0.3, 0.4) is 0 Å². The number of hydrogen-bond acceptors (Lipinski definition) is 2. The average Bonchev–Trinajstić information content (AvgIpc) is 2.42. The van der Waals surface area contributed by atoms with E-state index in [1.807, 2.05) is 0 Å². The molecule has 0 aliphatic heterocycles. The monoisotopic (exact) mass is 410 g/mol. The summed E-state index contributed by atoms with van der Waals surface area (Å²) in [4.78, 5) is 10.3. The molecule has 0 aliphatic carbocycles. The Kier molecular flexibility index (Phi) is 29.1. The Labute approximate surface area is 140 Å². The van der Waals surface area contributed by atoms with E-state index in [0.29, 0.717) is 0 Å². The Bertz CT molecular complexity index is 312. The van der Waals surface area contributed by atoms with Gasteiger partial charge in [0.25, 0.3) is 0 Å². The number of carbonyl (C=O) groups excluding carboxylic acids is 1. The maximum atomic E-state index is 10.3. The normalized spacial score (nSPS) is 10.9. The van der Waals surface area contributed by atoms with Gasteiger partial charge in [0.1, 0.15) is 0 Å². The van der Waals surface area contributed by atoms with Gasteiger partial charge in [-0.05, 0) is 26.2 Å². The molecule has 0 heterocycles. The molecule has 0 aromatic carbocycles. The fourth-order valence-corrected chi connectivity index (χ4v) is 0.281. The van der Waals surface area contributed by atoms with Gasteiger partial charge >= 0.3 is 89.9 Å². The van der Waals surface area contributed by atoms with Crippen molar-refractivity contribution in [3.63, 3.8) is 0 Å². The number of halogens is 6. The third-order valence-electron chi connectivity index (χ3n) is 0.681. The van der Waals surface area contributed by atoms with Crippen LogP contribution >= 0.6 is 7.81 Å². The van der Waals surface area contributed by atoms with E-state index in [4.69, 9.17) is 14.0 Å². The molecule has 0 aromatic rings. The standard InChI is InChI=1S/C7H9O2.3CO.F6P.Fe/c1-3-4-5-6-7(8)9-2;3*1-2;1-7(2,3,4,5)6;/h3-6H,1H2,2H3;;;;;/q;;;;-1;+2. The Morgan fingerprint density at radius 3 is 1.39 bits per heavy atom. The van der Waals surface area contributed by atoms with Crippen molar-refractivity contribution >= 4 is 13.8 Å². The molecule has 0 saturated carbocycles. The summed E-state index contributed by atoms with van der Waals surface area (Å²) in [7, 11) is -9.32. The summed E-state index contributed by atoms with van der Waals surface area (Å²) in [6.07, 6.45) is 6.12. The zero-order chi connectivity index (χ0) is 19.5. The first-order valence-corrected chi connectivity index (χ1v) is 6.17. The zero-order valence-corrected chi connectivity index (χ0v) is 13.1. The molecule has 0 fully saturated rings. The van der Waals surface area contributed by atoms with E-state index in [1.54, 1.807) is 19.3 Å². The van der Waals surface area contributed by atoms with Gasteiger partial charge in [0.15, 0.2) is 0 Å². The van der Waals surface area contributed by atoms with Crippen molar-refractivity contribution in [2.75, 3.05) is 7.11 Å². The van der Waals surface area contributed by atoms with Gasteiger partial charge < -0.3 is 4.74 Å². The molecule has 23 heavy (non-hydrogen) atoms. The number of esters is 1. The van der Waals surface area contributed by atoms with Gasteiger partial charge in [0, 0.05) is 0 Å². The second-order valence-electron chi connectivity index (χ2n) is 2.27. The van der Waals surface area contributed by atoms with E-state index < -0.39 is 7.81 Å². The molecular formula is C10H9F6FeO5P+. The summed E-state index contributed by atoms with van der Waals surface area (Å²) in [5, 5.41) is 0. The van der Waals surface area contributed by atoms with Crippen molar-refractivity contribution in [2.45, 2.75) is 0 Å². The second-order valence-corrected chi connectivity index (χ2v) is 4.19. The molecule has 0 rings (SSSR count). The van der Waals surface area contributed by atoms with Crippen LogP contribution in [-0.2, 0) is 40.6 Å². The first-order chi connectivity index (χ1) is 9.76. The minimum atomic E-state index is -10.7. The Hall–Kier alpha value is -0.781. The Morgan fingerprint density at radius 1 is 0.957 bits per heavy atom. The number of ether oxygens (including phenoxy) is 1. The third-order valence-corrected chi connectivity index (χ3v) is 0.681. The summed E-state index contributed by atoms with van der Waals surface area (Å²) in [5.41, 5.74) is 0. The topological polar surface area (TPSA) is 86.0 Å². The van der Waals surface area contributed by atoms with E-state index >= 15 is 0 Å². The van der Waals surface area contributed by atoms with Crippen molar-refractivity contribution in [1.29, 1.82) is 0 Å². The van der Waals surface area contributed by atoms with E-state index in [-0.39, 0.29) is 23.0 Å². The average molecular weight is 410 g/mol. The van der Waals surface area contributed by atoms with Crippen LogP contribution < -0.4 is 0 Å². The van der Waals surface area contributed by atoms with Gasteiger partial charge in [0.05, 0.1) is 13.5 Å². The zero-order valence-electron chi connectivity index (χ0n) is 11.1. The largest absolute Gasteiger partial charge is 2.00 e. The maximum absolute atomic E-state index is 10.7.